The van der Waals surface area contributed by atoms with Crippen molar-refractivity contribution in [2.24, 2.45) is 0 Å². The molecule has 3 nitrogen and oxygen atoms in total. The molecule has 1 unspecified atom stereocenters. The van der Waals surface area contributed by atoms with Crippen LogP contribution >= 0.6 is 11.6 Å². The van der Waals surface area contributed by atoms with Gasteiger partial charge in [0.15, 0.2) is 5.66 Å². The topological polar surface area (TPSA) is 32.3 Å². The molecule has 0 spiro atoms. The Labute approximate surface area is 145 Å². The van der Waals surface area contributed by atoms with Crippen molar-refractivity contribution in [3.05, 3.63) is 89.4 Å². The molecule has 24 heavy (non-hydrogen) atoms. The third-order valence-corrected chi connectivity index (χ3v) is 4.07. The molecule has 5 heteroatoms. The molecule has 122 valence electrons. The van der Waals surface area contributed by atoms with Gasteiger partial charge < -0.3 is 10.2 Å². The third-order valence-electron chi connectivity index (χ3n) is 3.82. The minimum Gasteiger partial charge on any atom is -0.326 e. The molecule has 2 aromatic rings. The first kappa shape index (κ1) is 16.3. The van der Waals surface area contributed by atoms with Crippen molar-refractivity contribution in [2.45, 2.75) is 12.6 Å². The summed E-state index contributed by atoms with van der Waals surface area (Å²) < 4.78 is 13.4. The first-order chi connectivity index (χ1) is 11.5. The van der Waals surface area contributed by atoms with Gasteiger partial charge >= 0.3 is 0 Å². The molecule has 0 saturated heterocycles. The summed E-state index contributed by atoms with van der Waals surface area (Å²) in [6, 6.07) is 13.4. The zero-order chi connectivity index (χ0) is 17.2. The monoisotopic (exact) mass is 342 g/mol. The van der Waals surface area contributed by atoms with Crippen molar-refractivity contribution in [3.63, 3.8) is 0 Å². The molecule has 1 atom stereocenters. The summed E-state index contributed by atoms with van der Waals surface area (Å²) in [5.41, 5.74) is 0.648. The van der Waals surface area contributed by atoms with E-state index in [0.717, 1.165) is 11.3 Å². The van der Waals surface area contributed by atoms with Crippen LogP contribution in [0.3, 0.4) is 0 Å². The molecule has 0 bridgehead atoms. The van der Waals surface area contributed by atoms with E-state index in [9.17, 15) is 9.18 Å². The number of amides is 1. The quantitative estimate of drug-likeness (QED) is 0.899. The highest BCUT2D eigenvalue weighted by atomic mass is 35.5. The first-order valence-corrected chi connectivity index (χ1v) is 7.85. The number of allylic oxidation sites excluding steroid dienone is 2. The third kappa shape index (κ3) is 3.05. The normalized spacial score (nSPS) is 19.4. The van der Waals surface area contributed by atoms with E-state index in [0.29, 0.717) is 5.02 Å². The average Bonchev–Trinajstić information content (AvgIpc) is 2.56. The van der Waals surface area contributed by atoms with Gasteiger partial charge in [0.25, 0.3) is 0 Å². The minimum absolute atomic E-state index is 0.196. The Kier molecular flexibility index (Phi) is 4.40. The van der Waals surface area contributed by atoms with E-state index in [4.69, 9.17) is 11.6 Å². The number of halogens is 2. The second-order valence-electron chi connectivity index (χ2n) is 5.50. The first-order valence-electron chi connectivity index (χ1n) is 7.47. The van der Waals surface area contributed by atoms with Crippen molar-refractivity contribution in [1.29, 1.82) is 0 Å². The van der Waals surface area contributed by atoms with Gasteiger partial charge in [0, 0.05) is 29.4 Å². The second-order valence-corrected chi connectivity index (χ2v) is 5.94. The van der Waals surface area contributed by atoms with Gasteiger partial charge in [-0.2, -0.15) is 0 Å². The standard InChI is InChI=1S/C19H16ClFN2O/c1-14(24)22-19(15-4-8-17(21)9-5-15)12-2-3-13-23(19)18-10-6-16(20)7-11-18/h2-13H,1H3,(H,22,24). The number of carbonyl (C=O) groups excluding carboxylic acids is 1. The molecule has 1 aliphatic heterocycles. The summed E-state index contributed by atoms with van der Waals surface area (Å²) in [6.07, 6.45) is 7.46. The second kappa shape index (κ2) is 6.49. The van der Waals surface area contributed by atoms with Crippen molar-refractivity contribution in [2.75, 3.05) is 4.90 Å². The molecular weight excluding hydrogens is 327 g/mol. The van der Waals surface area contributed by atoms with Crippen LogP contribution in [0.25, 0.3) is 0 Å². The maximum Gasteiger partial charge on any atom is 0.219 e. The van der Waals surface area contributed by atoms with Gasteiger partial charge in [0.1, 0.15) is 5.82 Å². The molecule has 3 rings (SSSR count). The molecule has 0 radical (unpaired) electrons. The summed E-state index contributed by atoms with van der Waals surface area (Å²) in [5.74, 6) is -0.525. The largest absolute Gasteiger partial charge is 0.326 e. The summed E-state index contributed by atoms with van der Waals surface area (Å²) in [5, 5.41) is 3.61. The Hall–Kier alpha value is -2.59. The number of nitrogens with one attached hydrogen (secondary N) is 1. The lowest BCUT2D eigenvalue weighted by atomic mass is 9.94. The maximum absolute atomic E-state index is 13.4. The highest BCUT2D eigenvalue weighted by Gasteiger charge is 2.37. The highest BCUT2D eigenvalue weighted by Crippen LogP contribution is 2.35. The van der Waals surface area contributed by atoms with Crippen LogP contribution in [0, 0.1) is 5.82 Å². The van der Waals surface area contributed by atoms with Gasteiger partial charge in [-0.05, 0) is 48.6 Å². The average molecular weight is 343 g/mol. The van der Waals surface area contributed by atoms with Gasteiger partial charge in [0.2, 0.25) is 5.91 Å². The fourth-order valence-corrected chi connectivity index (χ4v) is 2.93. The predicted molar refractivity (Wildman–Crippen MR) is 94.1 cm³/mol. The van der Waals surface area contributed by atoms with Crippen LogP contribution in [0.4, 0.5) is 10.1 Å². The highest BCUT2D eigenvalue weighted by molar-refractivity contribution is 6.30. The number of hydrogen-bond acceptors (Lipinski definition) is 2. The number of benzene rings is 2. The molecule has 0 saturated carbocycles. The number of nitrogens with zero attached hydrogens (tertiary/aromatic N) is 1. The van der Waals surface area contributed by atoms with E-state index >= 15 is 0 Å². The van der Waals surface area contributed by atoms with Crippen LogP contribution in [-0.2, 0) is 10.5 Å². The summed E-state index contributed by atoms with van der Waals surface area (Å²) in [4.78, 5) is 13.8. The van der Waals surface area contributed by atoms with E-state index in [2.05, 4.69) is 5.32 Å². The molecular formula is C19H16ClFN2O. The fourth-order valence-electron chi connectivity index (χ4n) is 2.80. The predicted octanol–water partition coefficient (Wildman–Crippen LogP) is 4.36. The van der Waals surface area contributed by atoms with Crippen molar-refractivity contribution in [3.8, 4) is 0 Å². The lowest BCUT2D eigenvalue weighted by molar-refractivity contribution is -0.120. The van der Waals surface area contributed by atoms with Gasteiger partial charge in [-0.1, -0.05) is 29.8 Å². The Bertz CT molecular complexity index is 799. The van der Waals surface area contributed by atoms with Gasteiger partial charge in [0.05, 0.1) is 0 Å². The summed E-state index contributed by atoms with van der Waals surface area (Å²) >= 11 is 5.98. The molecule has 2 aromatic carbocycles. The van der Waals surface area contributed by atoms with Crippen LogP contribution in [0.2, 0.25) is 5.02 Å². The van der Waals surface area contributed by atoms with Crippen molar-refractivity contribution < 1.29 is 9.18 Å². The Morgan fingerprint density at radius 1 is 1.08 bits per heavy atom. The number of rotatable bonds is 3. The Morgan fingerprint density at radius 3 is 2.38 bits per heavy atom. The zero-order valence-corrected chi connectivity index (χ0v) is 13.8. The van der Waals surface area contributed by atoms with Crippen LogP contribution in [0.15, 0.2) is 73.0 Å². The van der Waals surface area contributed by atoms with Crippen LogP contribution in [-0.4, -0.2) is 5.91 Å². The molecule has 1 aliphatic rings. The van der Waals surface area contributed by atoms with E-state index in [1.807, 2.05) is 41.5 Å². The van der Waals surface area contributed by atoms with E-state index < -0.39 is 5.66 Å². The molecule has 1 heterocycles. The van der Waals surface area contributed by atoms with Gasteiger partial charge in [-0.3, -0.25) is 4.79 Å². The number of carbonyl (C=O) groups is 1. The van der Waals surface area contributed by atoms with E-state index in [1.54, 1.807) is 24.3 Å². The summed E-state index contributed by atoms with van der Waals surface area (Å²) in [6.45, 7) is 1.46. The van der Waals surface area contributed by atoms with Crippen LogP contribution < -0.4 is 10.2 Å². The molecule has 0 aromatic heterocycles. The van der Waals surface area contributed by atoms with Crippen molar-refractivity contribution in [1.82, 2.24) is 5.32 Å². The SMILES string of the molecule is CC(=O)NC1(c2ccc(F)cc2)C=CC=CN1c1ccc(Cl)cc1. The minimum atomic E-state index is -0.942. The van der Waals surface area contributed by atoms with Crippen LogP contribution in [0.5, 0.6) is 0 Å². The van der Waals surface area contributed by atoms with E-state index in [1.165, 1.54) is 19.1 Å². The molecule has 1 N–H and O–H groups in total. The van der Waals surface area contributed by atoms with Gasteiger partial charge in [-0.25, -0.2) is 4.39 Å². The Morgan fingerprint density at radius 2 is 1.75 bits per heavy atom. The smallest absolute Gasteiger partial charge is 0.219 e. The number of anilines is 1. The maximum atomic E-state index is 13.4. The lowest BCUT2D eigenvalue weighted by Crippen LogP contribution is -2.55. The van der Waals surface area contributed by atoms with E-state index in [-0.39, 0.29) is 11.7 Å². The molecule has 1 amide bonds. The number of hydrogen-bond donors (Lipinski definition) is 1. The fraction of sp³-hybridized carbons (Fsp3) is 0.105. The zero-order valence-electron chi connectivity index (χ0n) is 13.0. The lowest BCUT2D eigenvalue weighted by Gasteiger charge is -2.43. The molecule has 0 fully saturated rings. The van der Waals surface area contributed by atoms with Gasteiger partial charge in [-0.15, -0.1) is 0 Å². The molecule has 0 aliphatic carbocycles. The van der Waals surface area contributed by atoms with Crippen molar-refractivity contribution >= 4 is 23.2 Å². The van der Waals surface area contributed by atoms with Crippen LogP contribution in [0.1, 0.15) is 12.5 Å². The Balaban J connectivity index is 2.15. The summed E-state index contributed by atoms with van der Waals surface area (Å²) in [7, 11) is 0.